The summed E-state index contributed by atoms with van der Waals surface area (Å²) in [7, 11) is 0. The van der Waals surface area contributed by atoms with E-state index in [1.54, 1.807) is 6.07 Å². The highest BCUT2D eigenvalue weighted by Gasteiger charge is 2.21. The standard InChI is InChI=1S/C11H13FO2/c1-2-8-9(4-3-5-10(8)12)11-13-6-7-14-11/h3-5,11H,2,6-7H2,1H3. The minimum atomic E-state index is -0.374. The fourth-order valence-corrected chi connectivity index (χ4v) is 1.71. The summed E-state index contributed by atoms with van der Waals surface area (Å²) in [6.45, 7) is 3.10. The third-order valence-electron chi connectivity index (χ3n) is 2.38. The van der Waals surface area contributed by atoms with Crippen LogP contribution in [0.5, 0.6) is 0 Å². The first-order valence-corrected chi connectivity index (χ1v) is 4.83. The molecule has 0 amide bonds. The summed E-state index contributed by atoms with van der Waals surface area (Å²) in [5, 5.41) is 0. The molecule has 1 fully saturated rings. The Balaban J connectivity index is 2.35. The molecule has 0 saturated carbocycles. The van der Waals surface area contributed by atoms with Gasteiger partial charge in [-0.1, -0.05) is 19.1 Å². The quantitative estimate of drug-likeness (QED) is 0.723. The van der Waals surface area contributed by atoms with Crippen molar-refractivity contribution in [1.82, 2.24) is 0 Å². The van der Waals surface area contributed by atoms with Crippen LogP contribution in [0.2, 0.25) is 0 Å². The number of hydrogen-bond donors (Lipinski definition) is 0. The van der Waals surface area contributed by atoms with Gasteiger partial charge in [-0.25, -0.2) is 4.39 Å². The molecule has 1 aliphatic rings. The lowest BCUT2D eigenvalue weighted by atomic mass is 10.0. The van der Waals surface area contributed by atoms with Crippen LogP contribution in [0, 0.1) is 5.82 Å². The van der Waals surface area contributed by atoms with E-state index in [0.29, 0.717) is 25.2 Å². The van der Waals surface area contributed by atoms with Crippen LogP contribution in [0.15, 0.2) is 18.2 Å². The molecule has 14 heavy (non-hydrogen) atoms. The van der Waals surface area contributed by atoms with Gasteiger partial charge in [0, 0.05) is 5.56 Å². The van der Waals surface area contributed by atoms with E-state index < -0.39 is 0 Å². The summed E-state index contributed by atoms with van der Waals surface area (Å²) < 4.78 is 24.1. The highest BCUT2D eigenvalue weighted by molar-refractivity contribution is 5.29. The van der Waals surface area contributed by atoms with E-state index >= 15 is 0 Å². The van der Waals surface area contributed by atoms with Crippen molar-refractivity contribution >= 4 is 0 Å². The molecule has 1 saturated heterocycles. The van der Waals surface area contributed by atoms with E-state index in [2.05, 4.69) is 0 Å². The van der Waals surface area contributed by atoms with Crippen molar-refractivity contribution in [3.8, 4) is 0 Å². The molecule has 1 heterocycles. The van der Waals surface area contributed by atoms with Crippen molar-refractivity contribution in [2.45, 2.75) is 19.6 Å². The van der Waals surface area contributed by atoms with Crippen LogP contribution in [0.4, 0.5) is 4.39 Å². The Bertz CT molecular complexity index is 319. The first kappa shape index (κ1) is 9.62. The van der Waals surface area contributed by atoms with E-state index in [1.807, 2.05) is 13.0 Å². The topological polar surface area (TPSA) is 18.5 Å². The second-order valence-corrected chi connectivity index (χ2v) is 3.23. The molecule has 0 unspecified atom stereocenters. The fourth-order valence-electron chi connectivity index (χ4n) is 1.71. The van der Waals surface area contributed by atoms with Crippen molar-refractivity contribution < 1.29 is 13.9 Å². The van der Waals surface area contributed by atoms with Gasteiger partial charge in [0.05, 0.1) is 13.2 Å². The molecule has 2 nitrogen and oxygen atoms in total. The lowest BCUT2D eigenvalue weighted by Crippen LogP contribution is -2.04. The van der Waals surface area contributed by atoms with Gasteiger partial charge in [0.1, 0.15) is 5.82 Å². The second kappa shape index (κ2) is 4.07. The molecule has 1 aliphatic heterocycles. The summed E-state index contributed by atoms with van der Waals surface area (Å²) in [6.07, 6.45) is 0.284. The van der Waals surface area contributed by atoms with Gasteiger partial charge >= 0.3 is 0 Å². The van der Waals surface area contributed by atoms with Gasteiger partial charge in [0.15, 0.2) is 6.29 Å². The van der Waals surface area contributed by atoms with Gasteiger partial charge in [-0.2, -0.15) is 0 Å². The molecule has 3 heteroatoms. The number of rotatable bonds is 2. The summed E-state index contributed by atoms with van der Waals surface area (Å²) in [5.41, 5.74) is 1.52. The SMILES string of the molecule is CCc1c(F)cccc1C1OCCO1. The molecule has 1 aromatic carbocycles. The molecular formula is C11H13FO2. The Morgan fingerprint density at radius 1 is 1.36 bits per heavy atom. The number of halogens is 1. The fraction of sp³-hybridized carbons (Fsp3) is 0.455. The Labute approximate surface area is 82.6 Å². The maximum Gasteiger partial charge on any atom is 0.184 e. The third-order valence-corrected chi connectivity index (χ3v) is 2.38. The lowest BCUT2D eigenvalue weighted by Gasteiger charge is -2.13. The van der Waals surface area contributed by atoms with E-state index in [9.17, 15) is 4.39 Å². The van der Waals surface area contributed by atoms with Crippen LogP contribution in [0.25, 0.3) is 0 Å². The van der Waals surface area contributed by atoms with Crippen molar-refractivity contribution in [3.05, 3.63) is 35.1 Å². The molecule has 1 aromatic rings. The number of benzene rings is 1. The van der Waals surface area contributed by atoms with Crippen LogP contribution in [0.3, 0.4) is 0 Å². The zero-order valence-corrected chi connectivity index (χ0v) is 8.13. The smallest absolute Gasteiger partial charge is 0.184 e. The summed E-state index contributed by atoms with van der Waals surface area (Å²) >= 11 is 0. The monoisotopic (exact) mass is 196 g/mol. The van der Waals surface area contributed by atoms with Crippen LogP contribution in [0.1, 0.15) is 24.3 Å². The van der Waals surface area contributed by atoms with E-state index in [1.165, 1.54) is 6.07 Å². The van der Waals surface area contributed by atoms with Gasteiger partial charge in [-0.3, -0.25) is 0 Å². The number of hydrogen-bond acceptors (Lipinski definition) is 2. The predicted octanol–water partition coefficient (Wildman–Crippen LogP) is 2.43. The highest BCUT2D eigenvalue weighted by Crippen LogP contribution is 2.27. The molecule has 0 radical (unpaired) electrons. The van der Waals surface area contributed by atoms with Gasteiger partial charge in [0.25, 0.3) is 0 Å². The van der Waals surface area contributed by atoms with Crippen molar-refractivity contribution in [3.63, 3.8) is 0 Å². The van der Waals surface area contributed by atoms with E-state index in [4.69, 9.17) is 9.47 Å². The minimum Gasteiger partial charge on any atom is -0.346 e. The van der Waals surface area contributed by atoms with Crippen molar-refractivity contribution in [2.24, 2.45) is 0 Å². The van der Waals surface area contributed by atoms with Crippen molar-refractivity contribution in [1.29, 1.82) is 0 Å². The average Bonchev–Trinajstić information content (AvgIpc) is 2.70. The van der Waals surface area contributed by atoms with Gasteiger partial charge < -0.3 is 9.47 Å². The Morgan fingerprint density at radius 3 is 2.71 bits per heavy atom. The zero-order valence-electron chi connectivity index (χ0n) is 8.13. The molecule has 0 N–H and O–H groups in total. The molecule has 0 spiro atoms. The normalized spacial score (nSPS) is 17.6. The van der Waals surface area contributed by atoms with Gasteiger partial charge in [0.2, 0.25) is 0 Å². The first-order valence-electron chi connectivity index (χ1n) is 4.83. The summed E-state index contributed by atoms with van der Waals surface area (Å²) in [4.78, 5) is 0. The molecule has 0 atom stereocenters. The van der Waals surface area contributed by atoms with E-state index in [-0.39, 0.29) is 12.1 Å². The van der Waals surface area contributed by atoms with Gasteiger partial charge in [-0.15, -0.1) is 0 Å². The third kappa shape index (κ3) is 1.65. The largest absolute Gasteiger partial charge is 0.346 e. The molecule has 76 valence electrons. The first-order chi connectivity index (χ1) is 6.83. The molecule has 0 bridgehead atoms. The predicted molar refractivity (Wildman–Crippen MR) is 50.4 cm³/mol. The molecular weight excluding hydrogens is 183 g/mol. The van der Waals surface area contributed by atoms with Crippen LogP contribution in [-0.2, 0) is 15.9 Å². The summed E-state index contributed by atoms with van der Waals surface area (Å²) in [6, 6.07) is 5.02. The Kier molecular flexibility index (Phi) is 2.79. The minimum absolute atomic E-state index is 0.177. The number of ether oxygens (including phenoxy) is 2. The lowest BCUT2D eigenvalue weighted by molar-refractivity contribution is -0.0449. The Hall–Kier alpha value is -0.930. The molecule has 2 rings (SSSR count). The molecule has 0 aromatic heterocycles. The average molecular weight is 196 g/mol. The summed E-state index contributed by atoms with van der Waals surface area (Å²) in [5.74, 6) is -0.177. The van der Waals surface area contributed by atoms with Crippen LogP contribution in [-0.4, -0.2) is 13.2 Å². The van der Waals surface area contributed by atoms with Crippen LogP contribution >= 0.6 is 0 Å². The van der Waals surface area contributed by atoms with Crippen LogP contribution < -0.4 is 0 Å². The van der Waals surface area contributed by atoms with E-state index in [0.717, 1.165) is 5.56 Å². The Morgan fingerprint density at radius 2 is 2.07 bits per heavy atom. The zero-order chi connectivity index (χ0) is 9.97. The highest BCUT2D eigenvalue weighted by atomic mass is 19.1. The maximum atomic E-state index is 13.4. The van der Waals surface area contributed by atoms with Crippen molar-refractivity contribution in [2.75, 3.05) is 13.2 Å². The molecule has 0 aliphatic carbocycles. The second-order valence-electron chi connectivity index (χ2n) is 3.23. The van der Waals surface area contributed by atoms with Gasteiger partial charge in [-0.05, 0) is 18.1 Å². The maximum absolute atomic E-state index is 13.4.